The first kappa shape index (κ1) is 18.7. The average molecular weight is 394 g/mol. The van der Waals surface area contributed by atoms with Crippen molar-refractivity contribution in [2.45, 2.75) is 48.8 Å². The number of para-hydroxylation sites is 1. The fourth-order valence-electron chi connectivity index (χ4n) is 3.50. The van der Waals surface area contributed by atoms with E-state index in [-0.39, 0.29) is 5.91 Å². The number of rotatable bonds is 6. The summed E-state index contributed by atoms with van der Waals surface area (Å²) in [7, 11) is 0. The molecule has 1 amide bonds. The number of amides is 1. The van der Waals surface area contributed by atoms with Crippen LogP contribution in [0.25, 0.3) is 5.69 Å². The molecule has 0 bridgehead atoms. The lowest BCUT2D eigenvalue weighted by Gasteiger charge is -2.23. The molecule has 1 aliphatic carbocycles. The highest BCUT2D eigenvalue weighted by atomic mass is 32.2. The van der Waals surface area contributed by atoms with Crippen LogP contribution < -0.4 is 5.32 Å². The molecule has 0 saturated heterocycles. The first-order valence-electron chi connectivity index (χ1n) is 9.66. The van der Waals surface area contributed by atoms with Crippen molar-refractivity contribution in [3.8, 4) is 5.69 Å². The summed E-state index contributed by atoms with van der Waals surface area (Å²) in [5.41, 5.74) is 1.64. The molecule has 0 aliphatic heterocycles. The first-order valence-corrected chi connectivity index (χ1v) is 10.7. The molecule has 6 nitrogen and oxygen atoms in total. The molecular weight excluding hydrogens is 370 g/mol. The number of aromatic nitrogens is 4. The highest BCUT2D eigenvalue weighted by Crippen LogP contribution is 2.27. The summed E-state index contributed by atoms with van der Waals surface area (Å²) in [6.07, 6.45) is 5.82. The van der Waals surface area contributed by atoms with Crippen LogP contribution in [-0.2, 0) is 5.75 Å². The van der Waals surface area contributed by atoms with Crippen LogP contribution in [-0.4, -0.2) is 32.2 Å². The predicted octanol–water partition coefficient (Wildman–Crippen LogP) is 4.02. The maximum Gasteiger partial charge on any atom is 0.252 e. The van der Waals surface area contributed by atoms with Gasteiger partial charge in [0, 0.05) is 10.9 Å². The van der Waals surface area contributed by atoms with E-state index in [2.05, 4.69) is 20.8 Å². The van der Waals surface area contributed by atoms with Crippen molar-refractivity contribution in [3.63, 3.8) is 0 Å². The zero-order chi connectivity index (χ0) is 19.2. The topological polar surface area (TPSA) is 72.7 Å². The van der Waals surface area contributed by atoms with Crippen molar-refractivity contribution < 1.29 is 4.79 Å². The zero-order valence-electron chi connectivity index (χ0n) is 15.6. The summed E-state index contributed by atoms with van der Waals surface area (Å²) in [6, 6.07) is 17.9. The van der Waals surface area contributed by atoms with Crippen LogP contribution in [0.3, 0.4) is 0 Å². The van der Waals surface area contributed by atoms with Crippen molar-refractivity contribution in [1.82, 2.24) is 25.5 Å². The van der Waals surface area contributed by atoms with Gasteiger partial charge in [0.05, 0.1) is 17.0 Å². The van der Waals surface area contributed by atoms with Crippen LogP contribution in [0.5, 0.6) is 0 Å². The van der Waals surface area contributed by atoms with Crippen molar-refractivity contribution in [1.29, 1.82) is 0 Å². The Labute approximate surface area is 168 Å². The van der Waals surface area contributed by atoms with Gasteiger partial charge in [-0.15, -0.1) is 16.9 Å². The minimum Gasteiger partial charge on any atom is -0.349 e. The number of benzene rings is 2. The van der Waals surface area contributed by atoms with Gasteiger partial charge in [0.15, 0.2) is 5.82 Å². The number of tetrazole rings is 1. The van der Waals surface area contributed by atoms with Crippen LogP contribution in [0.1, 0.15) is 48.3 Å². The fraction of sp³-hybridized carbons (Fsp3) is 0.333. The minimum absolute atomic E-state index is 0.0117. The van der Waals surface area contributed by atoms with E-state index in [0.29, 0.717) is 11.8 Å². The normalized spacial score (nSPS) is 14.7. The number of hydrogen-bond acceptors (Lipinski definition) is 5. The molecule has 2 aromatic carbocycles. The summed E-state index contributed by atoms with van der Waals surface area (Å²) >= 11 is 1.58. The van der Waals surface area contributed by atoms with Crippen LogP contribution in [0.4, 0.5) is 0 Å². The number of thioether (sulfide) groups is 1. The van der Waals surface area contributed by atoms with Gasteiger partial charge in [0.2, 0.25) is 0 Å². The molecular formula is C21H23N5OS. The van der Waals surface area contributed by atoms with E-state index in [1.54, 1.807) is 16.4 Å². The lowest BCUT2D eigenvalue weighted by Crippen LogP contribution is -2.36. The third kappa shape index (κ3) is 4.42. The van der Waals surface area contributed by atoms with E-state index in [1.165, 1.54) is 19.3 Å². The molecule has 1 saturated carbocycles. The Hall–Kier alpha value is -2.67. The van der Waals surface area contributed by atoms with Crippen LogP contribution in [0, 0.1) is 0 Å². The molecule has 1 heterocycles. The first-order chi connectivity index (χ1) is 13.8. The third-order valence-electron chi connectivity index (χ3n) is 4.96. The van der Waals surface area contributed by atoms with Gasteiger partial charge < -0.3 is 5.32 Å². The van der Waals surface area contributed by atoms with Gasteiger partial charge in [-0.2, -0.15) is 4.68 Å². The Morgan fingerprint density at radius 1 is 1.04 bits per heavy atom. The lowest BCUT2D eigenvalue weighted by molar-refractivity contribution is 0.0924. The summed E-state index contributed by atoms with van der Waals surface area (Å²) in [6.45, 7) is 0. The minimum atomic E-state index is 0.0117. The number of carbonyl (C=O) groups is 1. The van der Waals surface area contributed by atoms with E-state index in [0.717, 1.165) is 34.8 Å². The molecule has 7 heteroatoms. The maximum atomic E-state index is 12.8. The molecule has 0 unspecified atom stereocenters. The second-order valence-electron chi connectivity index (χ2n) is 6.94. The smallest absolute Gasteiger partial charge is 0.252 e. The summed E-state index contributed by atoms with van der Waals surface area (Å²) < 4.78 is 1.73. The quantitative estimate of drug-likeness (QED) is 0.641. The molecule has 144 valence electrons. The molecule has 1 fully saturated rings. The van der Waals surface area contributed by atoms with Crippen LogP contribution in [0.2, 0.25) is 0 Å². The molecule has 3 aromatic rings. The fourth-order valence-corrected chi connectivity index (χ4v) is 4.45. The highest BCUT2D eigenvalue weighted by molar-refractivity contribution is 7.98. The number of carbonyl (C=O) groups excluding carboxylic acids is 1. The van der Waals surface area contributed by atoms with Gasteiger partial charge in [-0.05, 0) is 47.5 Å². The Balaban J connectivity index is 1.46. The summed E-state index contributed by atoms with van der Waals surface area (Å²) in [4.78, 5) is 13.8. The molecule has 0 atom stereocenters. The highest BCUT2D eigenvalue weighted by Gasteiger charge is 2.19. The number of nitrogens with one attached hydrogen (secondary N) is 1. The average Bonchev–Trinajstić information content (AvgIpc) is 3.22. The van der Waals surface area contributed by atoms with Gasteiger partial charge in [-0.3, -0.25) is 4.79 Å². The number of hydrogen-bond donors (Lipinski definition) is 1. The van der Waals surface area contributed by atoms with E-state index in [1.807, 2.05) is 54.6 Å². The van der Waals surface area contributed by atoms with Gasteiger partial charge in [0.25, 0.3) is 5.91 Å². The largest absolute Gasteiger partial charge is 0.349 e. The molecule has 1 aliphatic rings. The molecule has 4 rings (SSSR count). The van der Waals surface area contributed by atoms with E-state index >= 15 is 0 Å². The molecule has 1 N–H and O–H groups in total. The predicted molar refractivity (Wildman–Crippen MR) is 109 cm³/mol. The monoisotopic (exact) mass is 393 g/mol. The third-order valence-corrected chi connectivity index (χ3v) is 6.03. The summed E-state index contributed by atoms with van der Waals surface area (Å²) in [5.74, 6) is 1.34. The molecule has 0 spiro atoms. The van der Waals surface area contributed by atoms with E-state index in [9.17, 15) is 4.79 Å². The second-order valence-corrected chi connectivity index (χ2v) is 7.95. The summed E-state index contributed by atoms with van der Waals surface area (Å²) in [5, 5.41) is 15.3. The van der Waals surface area contributed by atoms with Gasteiger partial charge in [-0.1, -0.05) is 49.6 Å². The Morgan fingerprint density at radius 2 is 1.79 bits per heavy atom. The second kappa shape index (κ2) is 9.01. The maximum absolute atomic E-state index is 12.8. The molecule has 28 heavy (non-hydrogen) atoms. The van der Waals surface area contributed by atoms with Crippen molar-refractivity contribution in [2.24, 2.45) is 0 Å². The lowest BCUT2D eigenvalue weighted by atomic mass is 9.95. The Morgan fingerprint density at radius 3 is 2.61 bits per heavy atom. The van der Waals surface area contributed by atoms with Crippen molar-refractivity contribution >= 4 is 17.7 Å². The van der Waals surface area contributed by atoms with Crippen molar-refractivity contribution in [2.75, 3.05) is 0 Å². The van der Waals surface area contributed by atoms with Gasteiger partial charge in [0.1, 0.15) is 0 Å². The van der Waals surface area contributed by atoms with Gasteiger partial charge in [-0.25, -0.2) is 0 Å². The van der Waals surface area contributed by atoms with Crippen molar-refractivity contribution in [3.05, 3.63) is 66.0 Å². The number of nitrogens with zero attached hydrogens (tertiary/aromatic N) is 4. The molecule has 1 aromatic heterocycles. The Bertz CT molecular complexity index is 921. The standard InChI is InChI=1S/C21H23N5OS/c27-21(22-16-9-3-1-4-10-16)18-13-7-8-14-19(18)28-15-20-23-24-25-26(20)17-11-5-2-6-12-17/h2,5-8,11-14,16H,1,3-4,9-10,15H2,(H,22,27). The van der Waals surface area contributed by atoms with Crippen LogP contribution in [0.15, 0.2) is 59.5 Å². The zero-order valence-corrected chi connectivity index (χ0v) is 16.4. The molecule has 0 radical (unpaired) electrons. The van der Waals surface area contributed by atoms with E-state index in [4.69, 9.17) is 0 Å². The van der Waals surface area contributed by atoms with Gasteiger partial charge >= 0.3 is 0 Å². The Kier molecular flexibility index (Phi) is 6.01. The van der Waals surface area contributed by atoms with E-state index < -0.39 is 0 Å². The van der Waals surface area contributed by atoms with Crippen LogP contribution >= 0.6 is 11.8 Å². The SMILES string of the molecule is O=C(NC1CCCCC1)c1ccccc1SCc1nnnn1-c1ccccc1.